The minimum Gasteiger partial charge on any atom is -0.392 e. The number of rotatable bonds is 4. The average Bonchev–Trinajstić information content (AvgIpc) is 2.76. The van der Waals surface area contributed by atoms with Crippen LogP contribution in [0.5, 0.6) is 0 Å². The number of aliphatic hydroxyl groups excluding tert-OH is 1. The molecule has 0 aliphatic carbocycles. The second-order valence-electron chi connectivity index (χ2n) is 4.19. The molecule has 1 amide bonds. The molecule has 1 unspecified atom stereocenters. The van der Waals surface area contributed by atoms with Crippen LogP contribution in [0.3, 0.4) is 0 Å². The van der Waals surface area contributed by atoms with Crippen LogP contribution in [-0.2, 0) is 6.54 Å². The summed E-state index contributed by atoms with van der Waals surface area (Å²) in [6.07, 6.45) is 3.05. The minimum atomic E-state index is -0.450. The zero-order valence-corrected chi connectivity index (χ0v) is 10.1. The third-order valence-electron chi connectivity index (χ3n) is 2.60. The normalized spacial score (nSPS) is 12.3. The molecule has 18 heavy (non-hydrogen) atoms. The fraction of sp³-hybridized carbons (Fsp3) is 0.231. The average molecular weight is 245 g/mol. The van der Waals surface area contributed by atoms with Gasteiger partial charge in [-0.05, 0) is 19.1 Å². The molecule has 1 aromatic carbocycles. The van der Waals surface area contributed by atoms with E-state index in [0.717, 1.165) is 11.4 Å². The number of primary amides is 1. The predicted molar refractivity (Wildman–Crippen MR) is 67.9 cm³/mol. The zero-order chi connectivity index (χ0) is 13.1. The molecule has 0 fully saturated rings. The van der Waals surface area contributed by atoms with Crippen LogP contribution in [0.15, 0.2) is 36.7 Å². The lowest BCUT2D eigenvalue weighted by molar-refractivity contribution is 0.100. The Labute approximate surface area is 105 Å². The maximum atomic E-state index is 11.0. The Morgan fingerprint density at radius 1 is 1.44 bits per heavy atom. The fourth-order valence-corrected chi connectivity index (χ4v) is 1.79. The number of aromatic nitrogens is 2. The first kappa shape index (κ1) is 12.3. The van der Waals surface area contributed by atoms with E-state index in [4.69, 9.17) is 5.73 Å². The number of amides is 1. The maximum absolute atomic E-state index is 11.0. The molecule has 1 aromatic heterocycles. The van der Waals surface area contributed by atoms with Crippen molar-refractivity contribution < 1.29 is 9.90 Å². The van der Waals surface area contributed by atoms with Gasteiger partial charge >= 0.3 is 0 Å². The molecule has 2 aromatic rings. The summed E-state index contributed by atoms with van der Waals surface area (Å²) in [6, 6.07) is 6.92. The van der Waals surface area contributed by atoms with Crippen molar-refractivity contribution in [3.8, 4) is 11.4 Å². The van der Waals surface area contributed by atoms with E-state index in [1.165, 1.54) is 0 Å². The summed E-state index contributed by atoms with van der Waals surface area (Å²) in [5.74, 6) is 0.306. The van der Waals surface area contributed by atoms with Gasteiger partial charge in [0.1, 0.15) is 5.82 Å². The predicted octanol–water partition coefficient (Wildman–Crippen LogP) is 1.03. The van der Waals surface area contributed by atoms with Crippen LogP contribution in [-0.4, -0.2) is 26.7 Å². The van der Waals surface area contributed by atoms with Crippen molar-refractivity contribution in [2.75, 3.05) is 0 Å². The van der Waals surface area contributed by atoms with Crippen LogP contribution in [0.25, 0.3) is 11.4 Å². The van der Waals surface area contributed by atoms with Crippen LogP contribution in [0.2, 0.25) is 0 Å². The number of aliphatic hydroxyl groups is 1. The molecular formula is C13H15N3O2. The largest absolute Gasteiger partial charge is 0.392 e. The Hall–Kier alpha value is -2.14. The number of hydrogen-bond donors (Lipinski definition) is 2. The third kappa shape index (κ3) is 2.57. The summed E-state index contributed by atoms with van der Waals surface area (Å²) < 4.78 is 1.87. The van der Waals surface area contributed by atoms with Gasteiger partial charge in [0.15, 0.2) is 0 Å². The molecule has 0 spiro atoms. The molecule has 0 saturated carbocycles. The van der Waals surface area contributed by atoms with Gasteiger partial charge in [0, 0.05) is 30.1 Å². The molecule has 0 radical (unpaired) electrons. The van der Waals surface area contributed by atoms with Crippen molar-refractivity contribution >= 4 is 5.91 Å². The minimum absolute atomic E-state index is 0.442. The number of carbonyl (C=O) groups excluding carboxylic acids is 1. The lowest BCUT2D eigenvalue weighted by atomic mass is 10.1. The van der Waals surface area contributed by atoms with Crippen LogP contribution in [0.4, 0.5) is 0 Å². The zero-order valence-electron chi connectivity index (χ0n) is 10.1. The van der Waals surface area contributed by atoms with E-state index in [2.05, 4.69) is 4.98 Å². The standard InChI is InChI=1S/C13H15N3O2/c1-9(17)8-16-7-6-15-13(16)11-4-2-10(3-5-11)12(14)18/h2-7,9,17H,8H2,1H3,(H2,14,18). The molecule has 94 valence electrons. The first-order valence-electron chi connectivity index (χ1n) is 5.67. The quantitative estimate of drug-likeness (QED) is 0.844. The molecule has 5 heteroatoms. The highest BCUT2D eigenvalue weighted by atomic mass is 16.3. The third-order valence-corrected chi connectivity index (χ3v) is 2.60. The van der Waals surface area contributed by atoms with Crippen molar-refractivity contribution in [2.45, 2.75) is 19.6 Å². The van der Waals surface area contributed by atoms with Crippen LogP contribution in [0.1, 0.15) is 17.3 Å². The maximum Gasteiger partial charge on any atom is 0.248 e. The molecule has 0 aliphatic rings. The molecule has 3 N–H and O–H groups in total. The van der Waals surface area contributed by atoms with E-state index in [1.807, 2.05) is 10.8 Å². The Bertz CT molecular complexity index is 544. The molecule has 0 saturated heterocycles. The van der Waals surface area contributed by atoms with Gasteiger partial charge in [-0.15, -0.1) is 0 Å². The number of carbonyl (C=O) groups is 1. The van der Waals surface area contributed by atoms with Gasteiger partial charge in [0.2, 0.25) is 5.91 Å². The SMILES string of the molecule is CC(O)Cn1ccnc1-c1ccc(C(N)=O)cc1. The molecule has 0 bridgehead atoms. The van der Waals surface area contributed by atoms with E-state index < -0.39 is 12.0 Å². The first-order chi connectivity index (χ1) is 8.58. The summed E-state index contributed by atoms with van der Waals surface area (Å²) in [5, 5.41) is 9.40. The number of benzene rings is 1. The lowest BCUT2D eigenvalue weighted by Crippen LogP contribution is -2.12. The highest BCUT2D eigenvalue weighted by molar-refractivity contribution is 5.93. The number of imidazole rings is 1. The Morgan fingerprint density at radius 3 is 2.67 bits per heavy atom. The topological polar surface area (TPSA) is 81.1 Å². The van der Waals surface area contributed by atoms with Gasteiger partial charge in [-0.3, -0.25) is 4.79 Å². The number of hydrogen-bond acceptors (Lipinski definition) is 3. The van der Waals surface area contributed by atoms with Gasteiger partial charge in [-0.1, -0.05) is 12.1 Å². The highest BCUT2D eigenvalue weighted by Crippen LogP contribution is 2.18. The van der Waals surface area contributed by atoms with Crippen LogP contribution >= 0.6 is 0 Å². The van der Waals surface area contributed by atoms with Crippen molar-refractivity contribution in [1.82, 2.24) is 9.55 Å². The highest BCUT2D eigenvalue weighted by Gasteiger charge is 2.08. The second kappa shape index (κ2) is 5.01. The second-order valence-corrected chi connectivity index (χ2v) is 4.19. The summed E-state index contributed by atoms with van der Waals surface area (Å²) in [6.45, 7) is 2.20. The Kier molecular flexibility index (Phi) is 3.43. The molecule has 2 rings (SSSR count). The van der Waals surface area contributed by atoms with Crippen molar-refractivity contribution in [3.05, 3.63) is 42.2 Å². The molecule has 1 atom stereocenters. The van der Waals surface area contributed by atoms with E-state index in [1.54, 1.807) is 37.4 Å². The first-order valence-corrected chi connectivity index (χ1v) is 5.67. The molecule has 5 nitrogen and oxygen atoms in total. The summed E-state index contributed by atoms with van der Waals surface area (Å²) in [7, 11) is 0. The monoisotopic (exact) mass is 245 g/mol. The lowest BCUT2D eigenvalue weighted by Gasteiger charge is -2.09. The van der Waals surface area contributed by atoms with E-state index >= 15 is 0 Å². The van der Waals surface area contributed by atoms with Gasteiger partial charge in [0.05, 0.1) is 6.10 Å². The fourth-order valence-electron chi connectivity index (χ4n) is 1.79. The van der Waals surface area contributed by atoms with Crippen molar-refractivity contribution in [2.24, 2.45) is 5.73 Å². The Balaban J connectivity index is 2.31. The Morgan fingerprint density at radius 2 is 2.11 bits per heavy atom. The number of nitrogens with two attached hydrogens (primary N) is 1. The van der Waals surface area contributed by atoms with Gasteiger partial charge in [-0.2, -0.15) is 0 Å². The molecular weight excluding hydrogens is 230 g/mol. The summed E-state index contributed by atoms with van der Waals surface area (Å²) in [4.78, 5) is 15.2. The molecule has 0 aliphatic heterocycles. The summed E-state index contributed by atoms with van der Waals surface area (Å²) in [5.41, 5.74) is 6.53. The summed E-state index contributed by atoms with van der Waals surface area (Å²) >= 11 is 0. The van der Waals surface area contributed by atoms with Gasteiger partial charge < -0.3 is 15.4 Å². The van der Waals surface area contributed by atoms with Gasteiger partial charge in [0.25, 0.3) is 0 Å². The van der Waals surface area contributed by atoms with Gasteiger partial charge in [-0.25, -0.2) is 4.98 Å². The van der Waals surface area contributed by atoms with Crippen LogP contribution < -0.4 is 5.73 Å². The van der Waals surface area contributed by atoms with E-state index in [0.29, 0.717) is 12.1 Å². The smallest absolute Gasteiger partial charge is 0.248 e. The van der Waals surface area contributed by atoms with E-state index in [9.17, 15) is 9.90 Å². The van der Waals surface area contributed by atoms with E-state index in [-0.39, 0.29) is 0 Å². The number of nitrogens with zero attached hydrogens (tertiary/aromatic N) is 2. The molecule has 1 heterocycles. The van der Waals surface area contributed by atoms with Crippen molar-refractivity contribution in [1.29, 1.82) is 0 Å². The van der Waals surface area contributed by atoms with Crippen molar-refractivity contribution in [3.63, 3.8) is 0 Å². The van der Waals surface area contributed by atoms with Crippen LogP contribution in [0, 0.1) is 0 Å².